The van der Waals surface area contributed by atoms with Gasteiger partial charge in [-0.25, -0.2) is 4.68 Å². The zero-order chi connectivity index (χ0) is 21.6. The Bertz CT molecular complexity index is 1150. The fourth-order valence-corrected chi connectivity index (χ4v) is 3.85. The molecule has 0 spiro atoms. The van der Waals surface area contributed by atoms with Gasteiger partial charge in [-0.1, -0.05) is 42.5 Å². The van der Waals surface area contributed by atoms with Crippen molar-refractivity contribution < 1.29 is 9.53 Å². The van der Waals surface area contributed by atoms with E-state index in [1.54, 1.807) is 24.3 Å². The second-order valence-electron chi connectivity index (χ2n) is 7.64. The Morgan fingerprint density at radius 1 is 1.00 bits per heavy atom. The van der Waals surface area contributed by atoms with Gasteiger partial charge in [0.15, 0.2) is 0 Å². The molecule has 1 fully saturated rings. The first-order valence-electron chi connectivity index (χ1n) is 10.5. The van der Waals surface area contributed by atoms with Crippen LogP contribution in [0.15, 0.2) is 64.2 Å². The van der Waals surface area contributed by atoms with Gasteiger partial charge in [-0.2, -0.15) is 0 Å². The van der Waals surface area contributed by atoms with Gasteiger partial charge in [0.2, 0.25) is 5.91 Å². The van der Waals surface area contributed by atoms with E-state index in [9.17, 15) is 14.4 Å². The first-order chi connectivity index (χ1) is 15.1. The highest BCUT2D eigenvalue weighted by atomic mass is 16.5. The van der Waals surface area contributed by atoms with Gasteiger partial charge in [0.05, 0.1) is 36.6 Å². The molecule has 2 N–H and O–H groups in total. The highest BCUT2D eigenvalue weighted by Gasteiger charge is 2.20. The largest absolute Gasteiger partial charge is 0.379 e. The van der Waals surface area contributed by atoms with Crippen molar-refractivity contribution in [2.75, 3.05) is 32.8 Å². The van der Waals surface area contributed by atoms with Gasteiger partial charge in [0, 0.05) is 26.1 Å². The molecular formula is C23H26N4O4. The molecule has 2 aromatic carbocycles. The number of hydrogen-bond donors (Lipinski definition) is 2. The molecule has 0 bridgehead atoms. The number of aromatic nitrogens is 2. The molecule has 31 heavy (non-hydrogen) atoms. The Morgan fingerprint density at radius 2 is 1.68 bits per heavy atom. The van der Waals surface area contributed by atoms with Gasteiger partial charge in [-0.05, 0) is 17.7 Å². The third kappa shape index (κ3) is 5.10. The lowest BCUT2D eigenvalue weighted by molar-refractivity contribution is -0.122. The van der Waals surface area contributed by atoms with E-state index >= 15 is 0 Å². The molecule has 4 rings (SSSR count). The average Bonchev–Trinajstić information content (AvgIpc) is 2.81. The molecule has 1 amide bonds. The molecule has 1 atom stereocenters. The van der Waals surface area contributed by atoms with Gasteiger partial charge in [-0.3, -0.25) is 24.4 Å². The highest BCUT2D eigenvalue weighted by molar-refractivity contribution is 5.80. The molecule has 8 nitrogen and oxygen atoms in total. The van der Waals surface area contributed by atoms with Gasteiger partial charge in [-0.15, -0.1) is 0 Å². The molecule has 162 valence electrons. The summed E-state index contributed by atoms with van der Waals surface area (Å²) >= 11 is 0. The van der Waals surface area contributed by atoms with Crippen molar-refractivity contribution in [3.05, 3.63) is 80.9 Å². The monoisotopic (exact) mass is 422 g/mol. The summed E-state index contributed by atoms with van der Waals surface area (Å²) in [4.78, 5) is 39.9. The number of benzene rings is 2. The van der Waals surface area contributed by atoms with Crippen molar-refractivity contribution in [3.8, 4) is 0 Å². The van der Waals surface area contributed by atoms with Crippen LogP contribution in [0.3, 0.4) is 0 Å². The SMILES string of the molecule is O=C(CCn1[nH]c(=O)c2ccccc2c1=O)NC(CN1CCOCC1)c1ccccc1. The smallest absolute Gasteiger partial charge is 0.273 e. The molecule has 1 saturated heterocycles. The summed E-state index contributed by atoms with van der Waals surface area (Å²) in [6, 6.07) is 16.3. The Hall–Kier alpha value is -3.23. The second-order valence-corrected chi connectivity index (χ2v) is 7.64. The zero-order valence-electron chi connectivity index (χ0n) is 17.3. The number of fused-ring (bicyclic) bond motifs is 1. The molecule has 3 aromatic rings. The van der Waals surface area contributed by atoms with Crippen LogP contribution in [0.1, 0.15) is 18.0 Å². The van der Waals surface area contributed by atoms with Crippen LogP contribution in [0.25, 0.3) is 10.8 Å². The summed E-state index contributed by atoms with van der Waals surface area (Å²) in [5.74, 6) is -0.178. The number of aromatic amines is 1. The molecule has 0 aliphatic carbocycles. The van der Waals surface area contributed by atoms with E-state index in [1.165, 1.54) is 4.68 Å². The minimum atomic E-state index is -0.343. The number of hydrogen-bond acceptors (Lipinski definition) is 5. The van der Waals surface area contributed by atoms with Gasteiger partial charge in [0.1, 0.15) is 0 Å². The average molecular weight is 422 g/mol. The summed E-state index contributed by atoms with van der Waals surface area (Å²) in [5.41, 5.74) is 0.375. The van der Waals surface area contributed by atoms with Gasteiger partial charge < -0.3 is 10.1 Å². The van der Waals surface area contributed by atoms with Crippen LogP contribution in [-0.2, 0) is 16.1 Å². The van der Waals surface area contributed by atoms with Crippen LogP contribution in [0.2, 0.25) is 0 Å². The minimum Gasteiger partial charge on any atom is -0.379 e. The fraction of sp³-hybridized carbons (Fsp3) is 0.348. The van der Waals surface area contributed by atoms with Crippen LogP contribution in [0.4, 0.5) is 0 Å². The Morgan fingerprint density at radius 3 is 2.42 bits per heavy atom. The number of rotatable bonds is 7. The van der Waals surface area contributed by atoms with Gasteiger partial charge >= 0.3 is 0 Å². The van der Waals surface area contributed by atoms with E-state index in [0.29, 0.717) is 30.5 Å². The van der Waals surface area contributed by atoms with Crippen LogP contribution in [-0.4, -0.2) is 53.4 Å². The van der Waals surface area contributed by atoms with E-state index in [2.05, 4.69) is 15.3 Å². The Balaban J connectivity index is 1.45. The van der Waals surface area contributed by atoms with Crippen molar-refractivity contribution in [2.45, 2.75) is 19.0 Å². The van der Waals surface area contributed by atoms with Crippen molar-refractivity contribution >= 4 is 16.7 Å². The Labute approximate surface area is 179 Å². The predicted octanol–water partition coefficient (Wildman–Crippen LogP) is 1.27. The lowest BCUT2D eigenvalue weighted by atomic mass is 10.1. The first-order valence-corrected chi connectivity index (χ1v) is 10.5. The highest BCUT2D eigenvalue weighted by Crippen LogP contribution is 2.15. The summed E-state index contributed by atoms with van der Waals surface area (Å²) in [6.45, 7) is 3.82. The summed E-state index contributed by atoms with van der Waals surface area (Å²) in [7, 11) is 0. The minimum absolute atomic E-state index is 0.0840. The second kappa shape index (κ2) is 9.72. The third-order valence-electron chi connectivity index (χ3n) is 5.53. The van der Waals surface area contributed by atoms with E-state index in [-0.39, 0.29) is 36.0 Å². The normalized spacial score (nSPS) is 15.6. The molecule has 1 aliphatic heterocycles. The number of nitrogens with zero attached hydrogens (tertiary/aromatic N) is 2. The Kier molecular flexibility index (Phi) is 6.59. The third-order valence-corrected chi connectivity index (χ3v) is 5.53. The van der Waals surface area contributed by atoms with E-state index < -0.39 is 0 Å². The van der Waals surface area contributed by atoms with E-state index in [1.807, 2.05) is 30.3 Å². The van der Waals surface area contributed by atoms with Crippen molar-refractivity contribution in [1.29, 1.82) is 0 Å². The fourth-order valence-electron chi connectivity index (χ4n) is 3.85. The summed E-state index contributed by atoms with van der Waals surface area (Å²) < 4.78 is 6.63. The molecule has 0 radical (unpaired) electrons. The van der Waals surface area contributed by atoms with Crippen molar-refractivity contribution in [2.24, 2.45) is 0 Å². The molecule has 1 unspecified atom stereocenters. The number of carbonyl (C=O) groups is 1. The van der Waals surface area contributed by atoms with Crippen LogP contribution in [0.5, 0.6) is 0 Å². The predicted molar refractivity (Wildman–Crippen MR) is 118 cm³/mol. The number of morpholine rings is 1. The molecule has 2 heterocycles. The van der Waals surface area contributed by atoms with Crippen molar-refractivity contribution in [3.63, 3.8) is 0 Å². The standard InChI is InChI=1S/C23H26N4O4/c28-21(10-11-27-23(30)19-9-5-4-8-18(19)22(29)25-27)24-20(17-6-2-1-3-7-17)16-26-12-14-31-15-13-26/h1-9,20H,10-16H2,(H,24,28)(H,25,29). The lowest BCUT2D eigenvalue weighted by Crippen LogP contribution is -2.43. The molecule has 0 saturated carbocycles. The molecular weight excluding hydrogens is 396 g/mol. The maximum atomic E-state index is 12.7. The van der Waals surface area contributed by atoms with Crippen LogP contribution in [0, 0.1) is 0 Å². The van der Waals surface area contributed by atoms with Crippen LogP contribution < -0.4 is 16.4 Å². The molecule has 1 aromatic heterocycles. The van der Waals surface area contributed by atoms with Gasteiger partial charge in [0.25, 0.3) is 11.1 Å². The number of ether oxygens (including phenoxy) is 1. The quantitative estimate of drug-likeness (QED) is 0.598. The van der Waals surface area contributed by atoms with Crippen LogP contribution >= 0.6 is 0 Å². The number of amides is 1. The van der Waals surface area contributed by atoms with Crippen molar-refractivity contribution in [1.82, 2.24) is 20.0 Å². The number of nitrogens with one attached hydrogen (secondary N) is 2. The summed E-state index contributed by atoms with van der Waals surface area (Å²) in [5, 5.41) is 6.36. The molecule has 8 heteroatoms. The number of aryl methyl sites for hydroxylation is 1. The summed E-state index contributed by atoms with van der Waals surface area (Å²) in [6.07, 6.45) is 0.0840. The van der Waals surface area contributed by atoms with E-state index in [0.717, 1.165) is 18.7 Å². The van der Waals surface area contributed by atoms with E-state index in [4.69, 9.17) is 4.74 Å². The zero-order valence-corrected chi connectivity index (χ0v) is 17.3. The molecule has 1 aliphatic rings. The first kappa shape index (κ1) is 21.0. The topological polar surface area (TPSA) is 96.4 Å². The maximum Gasteiger partial charge on any atom is 0.273 e. The lowest BCUT2D eigenvalue weighted by Gasteiger charge is -2.31. The number of carbonyl (C=O) groups excluding carboxylic acids is 1. The number of H-pyrrole nitrogens is 1. The maximum absolute atomic E-state index is 12.7.